The lowest BCUT2D eigenvalue weighted by Gasteiger charge is -2.17. The number of carboxylic acids is 1. The van der Waals surface area contributed by atoms with Gasteiger partial charge in [-0.1, -0.05) is 6.07 Å². The molecule has 7 nitrogen and oxygen atoms in total. The number of nitrogens with one attached hydrogen (secondary N) is 1. The Bertz CT molecular complexity index is 782. The predicted octanol–water partition coefficient (Wildman–Crippen LogP) is 1.95. The average Bonchev–Trinajstić information content (AvgIpc) is 3.00. The van der Waals surface area contributed by atoms with E-state index in [1.165, 1.54) is 38.5 Å². The summed E-state index contributed by atoms with van der Waals surface area (Å²) in [6, 6.07) is 6.66. The fourth-order valence-electron chi connectivity index (χ4n) is 2.22. The summed E-state index contributed by atoms with van der Waals surface area (Å²) < 4.78 is 37.9. The Balaban J connectivity index is 2.38. The van der Waals surface area contributed by atoms with Crippen LogP contribution in [0.15, 0.2) is 45.9 Å². The number of aromatic carboxylic acids is 1. The van der Waals surface area contributed by atoms with Crippen LogP contribution in [0.25, 0.3) is 0 Å². The molecule has 0 fully saturated rings. The Labute approximate surface area is 133 Å². The summed E-state index contributed by atoms with van der Waals surface area (Å²) in [5.41, 5.74) is 0.109. The van der Waals surface area contributed by atoms with Crippen LogP contribution in [0.3, 0.4) is 0 Å². The van der Waals surface area contributed by atoms with Gasteiger partial charge in [0.1, 0.15) is 11.8 Å². The van der Waals surface area contributed by atoms with Crippen LogP contribution in [0, 0.1) is 6.92 Å². The number of furan rings is 1. The average molecular weight is 339 g/mol. The van der Waals surface area contributed by atoms with E-state index >= 15 is 0 Å². The first kappa shape index (κ1) is 17.2. The first-order valence-corrected chi connectivity index (χ1v) is 8.22. The van der Waals surface area contributed by atoms with Gasteiger partial charge in [0.05, 0.1) is 23.3 Å². The van der Waals surface area contributed by atoms with E-state index in [2.05, 4.69) is 4.72 Å². The molecule has 1 heterocycles. The second-order valence-corrected chi connectivity index (χ2v) is 6.56. The number of benzene rings is 1. The van der Waals surface area contributed by atoms with Crippen LogP contribution >= 0.6 is 0 Å². The summed E-state index contributed by atoms with van der Waals surface area (Å²) in [6.07, 6.45) is 1.43. The lowest BCUT2D eigenvalue weighted by Crippen LogP contribution is -2.31. The molecule has 0 aliphatic carbocycles. The van der Waals surface area contributed by atoms with Gasteiger partial charge >= 0.3 is 5.97 Å². The number of carbonyl (C=O) groups is 1. The molecule has 1 unspecified atom stereocenters. The van der Waals surface area contributed by atoms with Gasteiger partial charge in [-0.05, 0) is 36.8 Å². The van der Waals surface area contributed by atoms with Gasteiger partial charge in [0.15, 0.2) is 0 Å². The number of carboxylic acid groups (broad SMARTS) is 1. The van der Waals surface area contributed by atoms with Crippen LogP contribution in [0.4, 0.5) is 0 Å². The lowest BCUT2D eigenvalue weighted by atomic mass is 10.1. The van der Waals surface area contributed by atoms with E-state index in [1.807, 2.05) is 0 Å². The van der Waals surface area contributed by atoms with Crippen LogP contribution in [0.5, 0.6) is 0 Å². The zero-order valence-electron chi connectivity index (χ0n) is 12.6. The molecule has 0 amide bonds. The monoisotopic (exact) mass is 339 g/mol. The maximum Gasteiger partial charge on any atom is 0.335 e. The van der Waals surface area contributed by atoms with Crippen LogP contribution in [0.1, 0.15) is 27.7 Å². The van der Waals surface area contributed by atoms with Gasteiger partial charge < -0.3 is 14.3 Å². The zero-order chi connectivity index (χ0) is 17.0. The molecule has 0 aliphatic rings. The van der Waals surface area contributed by atoms with Crippen LogP contribution in [0.2, 0.25) is 0 Å². The highest BCUT2D eigenvalue weighted by atomic mass is 32.2. The molecule has 0 saturated heterocycles. The summed E-state index contributed by atoms with van der Waals surface area (Å²) in [6.45, 7) is 1.53. The van der Waals surface area contributed by atoms with Gasteiger partial charge in [0, 0.05) is 7.11 Å². The Morgan fingerprint density at radius 1 is 1.35 bits per heavy atom. The zero-order valence-corrected chi connectivity index (χ0v) is 13.5. The number of hydrogen-bond acceptors (Lipinski definition) is 5. The van der Waals surface area contributed by atoms with Crippen molar-refractivity contribution in [3.63, 3.8) is 0 Å². The van der Waals surface area contributed by atoms with Crippen LogP contribution in [-0.4, -0.2) is 33.2 Å². The highest BCUT2D eigenvalue weighted by molar-refractivity contribution is 7.89. The second-order valence-electron chi connectivity index (χ2n) is 4.88. The van der Waals surface area contributed by atoms with Gasteiger partial charge in [0.25, 0.3) is 0 Å². The van der Waals surface area contributed by atoms with E-state index in [1.54, 1.807) is 12.1 Å². The molecule has 124 valence electrons. The minimum absolute atomic E-state index is 0.0610. The molecule has 0 spiro atoms. The normalized spacial score (nSPS) is 13.0. The number of hydrogen-bond donors (Lipinski definition) is 2. The third-order valence-corrected chi connectivity index (χ3v) is 4.94. The highest BCUT2D eigenvalue weighted by Crippen LogP contribution is 2.22. The predicted molar refractivity (Wildman–Crippen MR) is 81.8 cm³/mol. The number of methoxy groups -OCH3 is 1. The first-order valence-electron chi connectivity index (χ1n) is 6.74. The minimum Gasteiger partial charge on any atom is -0.478 e. The van der Waals surface area contributed by atoms with Crippen LogP contribution < -0.4 is 4.72 Å². The third-order valence-electron chi connectivity index (χ3n) is 3.32. The van der Waals surface area contributed by atoms with Gasteiger partial charge in [-0.15, -0.1) is 0 Å². The Morgan fingerprint density at radius 2 is 2.09 bits per heavy atom. The van der Waals surface area contributed by atoms with Crippen molar-refractivity contribution in [2.45, 2.75) is 17.9 Å². The van der Waals surface area contributed by atoms with Gasteiger partial charge in [0.2, 0.25) is 10.0 Å². The standard InChI is InChI=1S/C15H17NO6S/c1-10-11(15(17)18)5-3-7-14(10)23(19,20)16-12(9-21-2)13-6-4-8-22-13/h3-8,12,16H,9H2,1-2H3,(H,17,18). The molecule has 0 aliphatic heterocycles. The minimum atomic E-state index is -3.95. The highest BCUT2D eigenvalue weighted by Gasteiger charge is 2.26. The maximum absolute atomic E-state index is 12.6. The lowest BCUT2D eigenvalue weighted by molar-refractivity contribution is 0.0696. The molecule has 2 aromatic rings. The van der Waals surface area contributed by atoms with Gasteiger partial charge in [-0.25, -0.2) is 13.2 Å². The molecule has 23 heavy (non-hydrogen) atoms. The Kier molecular flexibility index (Phi) is 5.19. The molecule has 0 radical (unpaired) electrons. The largest absolute Gasteiger partial charge is 0.478 e. The van der Waals surface area contributed by atoms with E-state index in [0.29, 0.717) is 5.76 Å². The second kappa shape index (κ2) is 6.95. The third kappa shape index (κ3) is 3.79. The van der Waals surface area contributed by atoms with Gasteiger partial charge in [-0.3, -0.25) is 0 Å². The molecule has 1 aromatic heterocycles. The molecular formula is C15H17NO6S. The van der Waals surface area contributed by atoms with E-state index in [9.17, 15) is 13.2 Å². The van der Waals surface area contributed by atoms with Crippen molar-refractivity contribution in [2.24, 2.45) is 0 Å². The van der Waals surface area contributed by atoms with E-state index in [0.717, 1.165) is 0 Å². The summed E-state index contributed by atoms with van der Waals surface area (Å²) in [5.74, 6) is -0.776. The van der Waals surface area contributed by atoms with Crippen LogP contribution in [-0.2, 0) is 14.8 Å². The maximum atomic E-state index is 12.6. The molecule has 8 heteroatoms. The summed E-state index contributed by atoms with van der Waals surface area (Å²) in [4.78, 5) is 11.1. The molecule has 2 N–H and O–H groups in total. The fourth-order valence-corrected chi connectivity index (χ4v) is 3.67. The Morgan fingerprint density at radius 3 is 2.65 bits per heavy atom. The van der Waals surface area contributed by atoms with Gasteiger partial charge in [-0.2, -0.15) is 4.72 Å². The molecule has 0 bridgehead atoms. The van der Waals surface area contributed by atoms with Crippen molar-refractivity contribution in [3.05, 3.63) is 53.5 Å². The van der Waals surface area contributed by atoms with Crippen molar-refractivity contribution in [3.8, 4) is 0 Å². The Hall–Kier alpha value is -2.16. The van der Waals surface area contributed by atoms with Crippen molar-refractivity contribution in [2.75, 3.05) is 13.7 Å². The summed E-state index contributed by atoms with van der Waals surface area (Å²) in [5, 5.41) is 9.12. The van der Waals surface area contributed by atoms with E-state index in [-0.39, 0.29) is 22.6 Å². The molecular weight excluding hydrogens is 322 g/mol. The van der Waals surface area contributed by atoms with Crippen molar-refractivity contribution in [1.29, 1.82) is 0 Å². The first-order chi connectivity index (χ1) is 10.9. The van der Waals surface area contributed by atoms with E-state index < -0.39 is 22.0 Å². The number of sulfonamides is 1. The summed E-state index contributed by atoms with van der Waals surface area (Å²) in [7, 11) is -2.50. The van der Waals surface area contributed by atoms with Crippen molar-refractivity contribution in [1.82, 2.24) is 4.72 Å². The van der Waals surface area contributed by atoms with Crippen molar-refractivity contribution < 1.29 is 27.5 Å². The topological polar surface area (TPSA) is 106 Å². The number of ether oxygens (including phenoxy) is 1. The molecule has 1 atom stereocenters. The smallest absolute Gasteiger partial charge is 0.335 e. The fraction of sp³-hybridized carbons (Fsp3) is 0.267. The van der Waals surface area contributed by atoms with Crippen molar-refractivity contribution >= 4 is 16.0 Å². The SMILES string of the molecule is COCC(NS(=O)(=O)c1cccc(C(=O)O)c1C)c1ccco1. The quantitative estimate of drug-likeness (QED) is 0.799. The molecule has 2 rings (SSSR count). The van der Waals surface area contributed by atoms with E-state index in [4.69, 9.17) is 14.3 Å². The molecule has 1 aromatic carbocycles. The summed E-state index contributed by atoms with van der Waals surface area (Å²) >= 11 is 0. The number of rotatable bonds is 7. The molecule has 0 saturated carbocycles.